The predicted octanol–water partition coefficient (Wildman–Crippen LogP) is 3.13. The zero-order chi connectivity index (χ0) is 17.3. The number of benzene rings is 1. The summed E-state index contributed by atoms with van der Waals surface area (Å²) in [4.78, 5) is 4.54. The Labute approximate surface area is 138 Å². The van der Waals surface area contributed by atoms with E-state index in [2.05, 4.69) is 25.4 Å². The summed E-state index contributed by atoms with van der Waals surface area (Å²) in [6.45, 7) is 3.69. The number of aliphatic imine (C=N–C) groups is 1. The van der Waals surface area contributed by atoms with Crippen LogP contribution in [0.3, 0.4) is 0 Å². The summed E-state index contributed by atoms with van der Waals surface area (Å²) in [6, 6.07) is 6.91. The van der Waals surface area contributed by atoms with Gasteiger partial charge < -0.3 is 10.2 Å². The number of ether oxygens (including phenoxy) is 1. The highest BCUT2D eigenvalue weighted by atomic mass is 19.3. The van der Waals surface area contributed by atoms with Gasteiger partial charge in [-0.2, -0.15) is 13.9 Å². The molecule has 6 nitrogen and oxygen atoms in total. The largest absolute Gasteiger partial charge is 0.435 e. The first-order valence-corrected chi connectivity index (χ1v) is 7.64. The van der Waals surface area contributed by atoms with Gasteiger partial charge in [-0.1, -0.05) is 0 Å². The lowest BCUT2D eigenvalue weighted by Gasteiger charge is -2.34. The van der Waals surface area contributed by atoms with Gasteiger partial charge in [0.2, 0.25) is 0 Å². The topological polar surface area (TPSA) is 65.5 Å². The summed E-state index contributed by atoms with van der Waals surface area (Å²) < 4.78 is 29.4. The van der Waals surface area contributed by atoms with E-state index in [4.69, 9.17) is 0 Å². The van der Waals surface area contributed by atoms with Crippen molar-refractivity contribution in [2.45, 2.75) is 40.0 Å². The molecular weight excluding hydrogens is 316 g/mol. The molecule has 2 aromatic rings. The third-order valence-electron chi connectivity index (χ3n) is 3.69. The van der Waals surface area contributed by atoms with Gasteiger partial charge in [-0.15, -0.1) is 0 Å². The van der Waals surface area contributed by atoms with Gasteiger partial charge in [-0.25, -0.2) is 10.0 Å². The Morgan fingerprint density at radius 1 is 1.29 bits per heavy atom. The summed E-state index contributed by atoms with van der Waals surface area (Å²) in [6.07, 6.45) is 0. The fraction of sp³-hybridized carbons (Fsp3) is 0.375. The van der Waals surface area contributed by atoms with Crippen LogP contribution in [-0.4, -0.2) is 33.7 Å². The van der Waals surface area contributed by atoms with Crippen molar-refractivity contribution in [3.63, 3.8) is 0 Å². The Morgan fingerprint density at radius 3 is 2.71 bits per heavy atom. The lowest BCUT2D eigenvalue weighted by Crippen LogP contribution is -2.49. The number of hydrazine groups is 1. The summed E-state index contributed by atoms with van der Waals surface area (Å²) in [5.74, 6) is 1.32. The van der Waals surface area contributed by atoms with Crippen molar-refractivity contribution in [2.75, 3.05) is 0 Å². The average molecular weight is 335 g/mol. The maximum atomic E-state index is 12.4. The second-order valence-corrected chi connectivity index (χ2v) is 5.90. The zero-order valence-electron chi connectivity index (χ0n) is 13.7. The summed E-state index contributed by atoms with van der Waals surface area (Å²) >= 11 is 0. The number of nitrogens with zero attached hydrogens (tertiary/aromatic N) is 3. The van der Waals surface area contributed by atoms with Crippen molar-refractivity contribution in [1.82, 2.24) is 20.6 Å². The smallest absolute Gasteiger partial charge is 0.387 e. The van der Waals surface area contributed by atoms with Gasteiger partial charge in [0.1, 0.15) is 5.75 Å². The number of alkyl halides is 2. The van der Waals surface area contributed by atoms with Crippen LogP contribution in [0.4, 0.5) is 14.6 Å². The van der Waals surface area contributed by atoms with E-state index in [9.17, 15) is 8.78 Å². The number of hydrogen-bond acceptors (Lipinski definition) is 4. The number of halogens is 2. The van der Waals surface area contributed by atoms with Crippen molar-refractivity contribution >= 4 is 11.7 Å². The average Bonchev–Trinajstić information content (AvgIpc) is 2.91. The number of amidine groups is 1. The quantitative estimate of drug-likeness (QED) is 0.901. The van der Waals surface area contributed by atoms with Crippen LogP contribution in [0.15, 0.2) is 29.3 Å². The Hall–Kier alpha value is -2.48. The highest BCUT2D eigenvalue weighted by Gasteiger charge is 2.24. The molecule has 0 spiro atoms. The standard InChI is InChI=1S/C16H19F2N5O/c1-9(2)23-8-11-7-12(24-16(17)18)4-5-13(11)15(22-23)19-14-6-10(3)20-21-14/h4-7,9,16H,8H2,1-3H3,(H2,19,20,21,22). The van der Waals surface area contributed by atoms with Crippen LogP contribution in [0.2, 0.25) is 0 Å². The van der Waals surface area contributed by atoms with Gasteiger partial charge in [0.05, 0.1) is 0 Å². The van der Waals surface area contributed by atoms with Gasteiger partial charge in [-0.05, 0) is 44.5 Å². The van der Waals surface area contributed by atoms with Crippen LogP contribution >= 0.6 is 0 Å². The highest BCUT2D eigenvalue weighted by Crippen LogP contribution is 2.25. The molecule has 0 radical (unpaired) electrons. The molecule has 0 saturated carbocycles. The fourth-order valence-electron chi connectivity index (χ4n) is 2.50. The maximum Gasteiger partial charge on any atom is 0.387 e. The second-order valence-electron chi connectivity index (χ2n) is 5.90. The molecule has 1 aromatic heterocycles. The molecule has 8 heteroatoms. The normalized spacial score (nSPS) is 16.5. The SMILES string of the molecule is Cc1cc(N=C2NN(C(C)C)Cc3cc(OC(F)F)ccc32)n[nH]1. The lowest BCUT2D eigenvalue weighted by molar-refractivity contribution is -0.0499. The van der Waals surface area contributed by atoms with Gasteiger partial charge in [0, 0.05) is 29.9 Å². The fourth-order valence-corrected chi connectivity index (χ4v) is 2.50. The third kappa shape index (κ3) is 3.53. The zero-order valence-corrected chi connectivity index (χ0v) is 13.7. The molecule has 2 heterocycles. The molecule has 0 saturated heterocycles. The van der Waals surface area contributed by atoms with Crippen LogP contribution in [-0.2, 0) is 6.54 Å². The summed E-state index contributed by atoms with van der Waals surface area (Å²) in [5.41, 5.74) is 5.89. The van der Waals surface area contributed by atoms with Crippen LogP contribution in [0.25, 0.3) is 0 Å². The summed E-state index contributed by atoms with van der Waals surface area (Å²) in [5, 5.41) is 8.94. The maximum absolute atomic E-state index is 12.4. The second kappa shape index (κ2) is 6.56. The molecule has 1 aliphatic heterocycles. The Kier molecular flexibility index (Phi) is 4.48. The molecule has 1 aromatic carbocycles. The molecule has 0 aliphatic carbocycles. The number of rotatable bonds is 4. The summed E-state index contributed by atoms with van der Waals surface area (Å²) in [7, 11) is 0. The van der Waals surface area contributed by atoms with E-state index in [0.717, 1.165) is 16.8 Å². The van der Waals surface area contributed by atoms with E-state index in [1.165, 1.54) is 6.07 Å². The van der Waals surface area contributed by atoms with Crippen LogP contribution < -0.4 is 10.2 Å². The van der Waals surface area contributed by atoms with E-state index < -0.39 is 6.61 Å². The van der Waals surface area contributed by atoms with Crippen molar-refractivity contribution < 1.29 is 13.5 Å². The van der Waals surface area contributed by atoms with Gasteiger partial charge >= 0.3 is 6.61 Å². The molecule has 0 amide bonds. The first-order chi connectivity index (χ1) is 11.4. The monoisotopic (exact) mass is 335 g/mol. The van der Waals surface area contributed by atoms with Crippen LogP contribution in [0.1, 0.15) is 30.7 Å². The van der Waals surface area contributed by atoms with E-state index in [0.29, 0.717) is 18.2 Å². The van der Waals surface area contributed by atoms with Gasteiger partial charge in [-0.3, -0.25) is 5.10 Å². The predicted molar refractivity (Wildman–Crippen MR) is 86.4 cm³/mol. The minimum absolute atomic E-state index is 0.143. The number of fused-ring (bicyclic) bond motifs is 1. The van der Waals surface area contributed by atoms with E-state index in [-0.39, 0.29) is 11.8 Å². The van der Waals surface area contributed by atoms with Crippen molar-refractivity contribution in [3.05, 3.63) is 41.1 Å². The number of aryl methyl sites for hydroxylation is 1. The first kappa shape index (κ1) is 16.4. The minimum Gasteiger partial charge on any atom is -0.435 e. The van der Waals surface area contributed by atoms with Gasteiger partial charge in [0.25, 0.3) is 0 Å². The highest BCUT2D eigenvalue weighted by molar-refractivity contribution is 6.02. The molecule has 2 N–H and O–H groups in total. The number of aromatic nitrogens is 2. The Bertz CT molecular complexity index is 757. The van der Waals surface area contributed by atoms with Gasteiger partial charge in [0.15, 0.2) is 11.7 Å². The molecule has 0 bridgehead atoms. The van der Waals surface area contributed by atoms with Crippen molar-refractivity contribution in [3.8, 4) is 5.75 Å². The number of nitrogens with one attached hydrogen (secondary N) is 2. The first-order valence-electron chi connectivity index (χ1n) is 7.64. The number of H-pyrrole nitrogens is 1. The number of hydrogen-bond donors (Lipinski definition) is 2. The molecule has 128 valence electrons. The molecule has 1 aliphatic rings. The van der Waals surface area contributed by atoms with E-state index in [1.54, 1.807) is 12.1 Å². The van der Waals surface area contributed by atoms with Crippen LogP contribution in [0.5, 0.6) is 5.75 Å². The molecule has 3 rings (SSSR count). The molecule has 0 fully saturated rings. The number of aromatic amines is 1. The molecule has 0 unspecified atom stereocenters. The lowest BCUT2D eigenvalue weighted by atomic mass is 10.0. The Morgan fingerprint density at radius 2 is 2.08 bits per heavy atom. The molecule has 0 atom stereocenters. The third-order valence-corrected chi connectivity index (χ3v) is 3.69. The Balaban J connectivity index is 2.00. The van der Waals surface area contributed by atoms with E-state index in [1.807, 2.05) is 31.8 Å². The molecule has 24 heavy (non-hydrogen) atoms. The minimum atomic E-state index is -2.84. The molecular formula is C16H19F2N5O. The van der Waals surface area contributed by atoms with Crippen LogP contribution in [0, 0.1) is 6.92 Å². The van der Waals surface area contributed by atoms with Crippen molar-refractivity contribution in [2.24, 2.45) is 4.99 Å². The van der Waals surface area contributed by atoms with E-state index >= 15 is 0 Å². The van der Waals surface area contributed by atoms with Crippen molar-refractivity contribution in [1.29, 1.82) is 0 Å².